The Morgan fingerprint density at radius 2 is 1.88 bits per heavy atom. The molecule has 0 radical (unpaired) electrons. The summed E-state index contributed by atoms with van der Waals surface area (Å²) in [6, 6.07) is 15.2. The van der Waals surface area contributed by atoms with Crippen LogP contribution in [-0.2, 0) is 4.79 Å². The lowest BCUT2D eigenvalue weighted by molar-refractivity contribution is -0.113. The molecule has 1 aliphatic heterocycles. The number of nitrogens with zero attached hydrogens (tertiary/aromatic N) is 2. The second-order valence-electron chi connectivity index (χ2n) is 5.26. The molecule has 25 heavy (non-hydrogen) atoms. The third-order valence-electron chi connectivity index (χ3n) is 3.38. The van der Waals surface area contributed by atoms with Crippen molar-refractivity contribution in [3.8, 4) is 0 Å². The fourth-order valence-corrected chi connectivity index (χ4v) is 3.19. The molecule has 0 saturated heterocycles. The zero-order chi connectivity index (χ0) is 17.8. The van der Waals surface area contributed by atoms with Gasteiger partial charge in [-0.2, -0.15) is 0 Å². The van der Waals surface area contributed by atoms with Crippen LogP contribution in [0.3, 0.4) is 0 Å². The van der Waals surface area contributed by atoms with E-state index in [9.17, 15) is 9.18 Å². The van der Waals surface area contributed by atoms with Crippen molar-refractivity contribution in [2.45, 2.75) is 0 Å². The molecule has 0 N–H and O–H groups in total. The molecule has 126 valence electrons. The average molecular weight is 373 g/mol. The van der Waals surface area contributed by atoms with Crippen LogP contribution in [0.5, 0.6) is 0 Å². The number of rotatable bonds is 4. The Bertz CT molecular complexity index is 863. The third-order valence-corrected chi connectivity index (χ3v) is 4.69. The van der Waals surface area contributed by atoms with Crippen molar-refractivity contribution >= 4 is 46.2 Å². The predicted octanol–water partition coefficient (Wildman–Crippen LogP) is 5.06. The molecule has 2 aromatic rings. The van der Waals surface area contributed by atoms with Crippen molar-refractivity contribution in [1.29, 1.82) is 0 Å². The number of amidine groups is 1. The maximum atomic E-state index is 13.2. The number of hydrogen-bond acceptors (Lipinski definition) is 3. The topological polar surface area (TPSA) is 32.7 Å². The summed E-state index contributed by atoms with van der Waals surface area (Å²) in [5.74, 6) is -0.210. The predicted molar refractivity (Wildman–Crippen MR) is 103 cm³/mol. The second-order valence-corrected chi connectivity index (χ2v) is 6.73. The number of amides is 1. The first-order chi connectivity index (χ1) is 12.0. The van der Waals surface area contributed by atoms with Crippen LogP contribution in [0.4, 0.5) is 10.1 Å². The van der Waals surface area contributed by atoms with Gasteiger partial charge >= 0.3 is 0 Å². The number of aliphatic imine (C=N–C) groups is 1. The lowest BCUT2D eigenvalue weighted by atomic mass is 10.2. The number of halogens is 2. The van der Waals surface area contributed by atoms with E-state index in [2.05, 4.69) is 11.6 Å². The third kappa shape index (κ3) is 4.18. The molecule has 2 aromatic carbocycles. The van der Waals surface area contributed by atoms with Gasteiger partial charge in [0, 0.05) is 10.8 Å². The van der Waals surface area contributed by atoms with E-state index in [1.54, 1.807) is 18.2 Å². The van der Waals surface area contributed by atoms with E-state index in [1.165, 1.54) is 28.8 Å². The van der Waals surface area contributed by atoms with E-state index in [4.69, 9.17) is 11.6 Å². The first kappa shape index (κ1) is 17.5. The summed E-state index contributed by atoms with van der Waals surface area (Å²) in [7, 11) is 0. The smallest absolute Gasteiger partial charge is 0.266 e. The first-order valence-electron chi connectivity index (χ1n) is 7.46. The highest BCUT2D eigenvalue weighted by atomic mass is 35.5. The number of benzene rings is 2. The highest BCUT2D eigenvalue weighted by Gasteiger charge is 2.31. The van der Waals surface area contributed by atoms with E-state index in [0.29, 0.717) is 27.3 Å². The summed E-state index contributed by atoms with van der Waals surface area (Å²) in [5.41, 5.74) is 1.74. The van der Waals surface area contributed by atoms with Crippen molar-refractivity contribution in [3.05, 3.63) is 83.3 Å². The molecule has 0 unspecified atom stereocenters. The number of carbonyl (C=O) groups excluding carboxylic acids is 1. The van der Waals surface area contributed by atoms with Crippen molar-refractivity contribution in [2.24, 2.45) is 4.99 Å². The molecule has 0 bridgehead atoms. The minimum Gasteiger partial charge on any atom is -0.266 e. The Kier molecular flexibility index (Phi) is 5.36. The second kappa shape index (κ2) is 7.68. The van der Waals surface area contributed by atoms with Gasteiger partial charge in [0.05, 0.1) is 5.69 Å². The molecule has 0 fully saturated rings. The Morgan fingerprint density at radius 1 is 1.20 bits per heavy atom. The molecule has 0 spiro atoms. The first-order valence-corrected chi connectivity index (χ1v) is 8.82. The van der Waals surface area contributed by atoms with Crippen molar-refractivity contribution in [3.63, 3.8) is 0 Å². The number of anilines is 1. The summed E-state index contributed by atoms with van der Waals surface area (Å²) in [6.45, 7) is 3.65. The van der Waals surface area contributed by atoms with Gasteiger partial charge in [0.2, 0.25) is 0 Å². The number of carbonyl (C=O) groups is 1. The molecule has 3 rings (SSSR count). The van der Waals surface area contributed by atoms with Crippen LogP contribution in [0.25, 0.3) is 6.08 Å². The lowest BCUT2D eigenvalue weighted by Gasteiger charge is -2.17. The molecule has 1 heterocycles. The van der Waals surface area contributed by atoms with Crippen LogP contribution in [0.1, 0.15) is 5.56 Å². The Labute approximate surface area is 154 Å². The van der Waals surface area contributed by atoms with Crippen LogP contribution in [0.2, 0.25) is 0 Å². The number of thioether (sulfide) groups is 1. The Balaban J connectivity index is 1.97. The SMILES string of the molecule is C=C(Cl)CSC1=N/C(=C\c2ccccc2)C(=O)N1c1ccc(F)cc1. The normalized spacial score (nSPS) is 15.6. The summed E-state index contributed by atoms with van der Waals surface area (Å²) in [5, 5.41) is 0.945. The maximum absolute atomic E-state index is 13.2. The quantitative estimate of drug-likeness (QED) is 0.703. The summed E-state index contributed by atoms with van der Waals surface area (Å²) < 4.78 is 13.2. The van der Waals surface area contributed by atoms with E-state index >= 15 is 0 Å². The van der Waals surface area contributed by atoms with Crippen LogP contribution < -0.4 is 4.90 Å². The highest BCUT2D eigenvalue weighted by Crippen LogP contribution is 2.30. The van der Waals surface area contributed by atoms with Crippen molar-refractivity contribution < 1.29 is 9.18 Å². The van der Waals surface area contributed by atoms with Gasteiger partial charge in [0.1, 0.15) is 11.5 Å². The minimum atomic E-state index is -0.365. The number of hydrogen-bond donors (Lipinski definition) is 0. The minimum absolute atomic E-state index is 0.266. The molecular weight excluding hydrogens is 359 g/mol. The maximum Gasteiger partial charge on any atom is 0.283 e. The Hall–Kier alpha value is -2.37. The fourth-order valence-electron chi connectivity index (χ4n) is 2.26. The molecule has 0 atom stereocenters. The molecule has 1 aliphatic rings. The molecule has 0 aliphatic carbocycles. The zero-order valence-electron chi connectivity index (χ0n) is 13.2. The van der Waals surface area contributed by atoms with E-state index < -0.39 is 0 Å². The largest absolute Gasteiger partial charge is 0.283 e. The van der Waals surface area contributed by atoms with Crippen LogP contribution in [0, 0.1) is 5.82 Å². The average Bonchev–Trinajstić information content (AvgIpc) is 2.91. The van der Waals surface area contributed by atoms with Gasteiger partial charge in [0.25, 0.3) is 5.91 Å². The van der Waals surface area contributed by atoms with Gasteiger partial charge in [-0.15, -0.1) is 0 Å². The van der Waals surface area contributed by atoms with E-state index in [0.717, 1.165) is 5.56 Å². The standard InChI is InChI=1S/C19H14ClFN2OS/c1-13(20)12-25-19-22-17(11-14-5-3-2-4-6-14)18(24)23(19)16-9-7-15(21)8-10-16/h2-11H,1,12H2/b17-11-. The van der Waals surface area contributed by atoms with Crippen LogP contribution in [-0.4, -0.2) is 16.8 Å². The Morgan fingerprint density at radius 3 is 2.52 bits per heavy atom. The van der Waals surface area contributed by atoms with Gasteiger partial charge in [-0.1, -0.05) is 60.3 Å². The van der Waals surface area contributed by atoms with E-state index in [-0.39, 0.29) is 11.7 Å². The fraction of sp³-hybridized carbons (Fsp3) is 0.0526. The monoisotopic (exact) mass is 372 g/mol. The van der Waals surface area contributed by atoms with Gasteiger partial charge in [-0.3, -0.25) is 9.69 Å². The highest BCUT2D eigenvalue weighted by molar-refractivity contribution is 8.14. The molecule has 3 nitrogen and oxygen atoms in total. The molecule has 0 aromatic heterocycles. The van der Waals surface area contributed by atoms with Gasteiger partial charge in [0.15, 0.2) is 5.17 Å². The zero-order valence-corrected chi connectivity index (χ0v) is 14.7. The van der Waals surface area contributed by atoms with Crippen LogP contribution >= 0.6 is 23.4 Å². The summed E-state index contributed by atoms with van der Waals surface area (Å²) in [6.07, 6.45) is 1.72. The lowest BCUT2D eigenvalue weighted by Crippen LogP contribution is -2.30. The van der Waals surface area contributed by atoms with Gasteiger partial charge < -0.3 is 0 Å². The van der Waals surface area contributed by atoms with E-state index in [1.807, 2.05) is 30.3 Å². The molecule has 1 amide bonds. The van der Waals surface area contributed by atoms with Crippen molar-refractivity contribution in [2.75, 3.05) is 10.7 Å². The van der Waals surface area contributed by atoms with Gasteiger partial charge in [-0.05, 0) is 35.9 Å². The summed E-state index contributed by atoms with van der Waals surface area (Å²) in [4.78, 5) is 18.7. The molecular formula is C19H14ClFN2OS. The molecule has 0 saturated carbocycles. The van der Waals surface area contributed by atoms with Crippen molar-refractivity contribution in [1.82, 2.24) is 0 Å². The molecule has 6 heteroatoms. The van der Waals surface area contributed by atoms with Gasteiger partial charge in [-0.25, -0.2) is 9.38 Å². The summed E-state index contributed by atoms with van der Waals surface area (Å²) >= 11 is 7.14. The van der Waals surface area contributed by atoms with Crippen LogP contribution in [0.15, 0.2) is 76.9 Å².